The Morgan fingerprint density at radius 3 is 2.57 bits per heavy atom. The average molecular weight is 286 g/mol. The first-order chi connectivity index (χ1) is 10.3. The van der Waals surface area contributed by atoms with Gasteiger partial charge in [0.05, 0.1) is 0 Å². The molecule has 0 fully saturated rings. The lowest BCUT2D eigenvalue weighted by molar-refractivity contribution is -0.667. The van der Waals surface area contributed by atoms with Crippen LogP contribution in [-0.4, -0.2) is 30.9 Å². The van der Waals surface area contributed by atoms with Crippen molar-refractivity contribution in [2.24, 2.45) is 0 Å². The third-order valence-corrected chi connectivity index (χ3v) is 3.57. The highest BCUT2D eigenvalue weighted by molar-refractivity contribution is 5.40. The zero-order valence-electron chi connectivity index (χ0n) is 11.8. The van der Waals surface area contributed by atoms with Crippen LogP contribution >= 0.6 is 0 Å². The molecule has 4 nitrogen and oxygen atoms in total. The number of hydrogen-bond donors (Lipinski definition) is 2. The molecule has 2 aromatic rings. The smallest absolute Gasteiger partial charge is 0.181 e. The minimum absolute atomic E-state index is 0.0165. The number of hydrogen-bond acceptors (Lipinski definition) is 3. The first kappa shape index (κ1) is 13.9. The van der Waals surface area contributed by atoms with Crippen molar-refractivity contribution < 1.29 is 19.9 Å². The predicted molar refractivity (Wildman–Crippen MR) is 79.4 cm³/mol. The van der Waals surface area contributed by atoms with E-state index in [1.165, 1.54) is 0 Å². The van der Waals surface area contributed by atoms with Crippen molar-refractivity contribution in [3.63, 3.8) is 0 Å². The van der Waals surface area contributed by atoms with Crippen LogP contribution in [0.1, 0.15) is 11.7 Å². The van der Waals surface area contributed by atoms with Gasteiger partial charge in [0.15, 0.2) is 17.6 Å². The summed E-state index contributed by atoms with van der Waals surface area (Å²) in [5, 5.41) is 12.2. The highest BCUT2D eigenvalue weighted by Gasteiger charge is 2.22. The van der Waals surface area contributed by atoms with Crippen LogP contribution < -0.4 is 14.8 Å². The molecular formula is C17H20NO3+. The van der Waals surface area contributed by atoms with Crippen LogP contribution in [0.5, 0.6) is 11.5 Å². The van der Waals surface area contributed by atoms with E-state index >= 15 is 0 Å². The van der Waals surface area contributed by atoms with Crippen LogP contribution in [-0.2, 0) is 0 Å². The van der Waals surface area contributed by atoms with Gasteiger partial charge in [-0.15, -0.1) is 0 Å². The van der Waals surface area contributed by atoms with Crippen LogP contribution in [0, 0.1) is 0 Å². The minimum atomic E-state index is -0.456. The van der Waals surface area contributed by atoms with E-state index in [-0.39, 0.29) is 6.10 Å². The SMILES string of the molecule is O[C@H](C[NH2+]C[C@H]1COc2ccccc2O1)c1ccccc1. The Balaban J connectivity index is 1.47. The van der Waals surface area contributed by atoms with Gasteiger partial charge in [-0.05, 0) is 17.7 Å². The molecule has 0 bridgehead atoms. The van der Waals surface area contributed by atoms with Crippen molar-refractivity contribution in [1.82, 2.24) is 0 Å². The number of nitrogens with two attached hydrogens (primary N) is 1. The maximum atomic E-state index is 10.1. The summed E-state index contributed by atoms with van der Waals surface area (Å²) in [6.45, 7) is 1.93. The third-order valence-electron chi connectivity index (χ3n) is 3.57. The minimum Gasteiger partial charge on any atom is -0.486 e. The monoisotopic (exact) mass is 286 g/mol. The van der Waals surface area contributed by atoms with E-state index in [1.54, 1.807) is 0 Å². The number of benzene rings is 2. The fourth-order valence-corrected chi connectivity index (χ4v) is 2.43. The molecule has 0 radical (unpaired) electrons. The summed E-state index contributed by atoms with van der Waals surface area (Å²) in [4.78, 5) is 0. The number of rotatable bonds is 5. The summed E-state index contributed by atoms with van der Waals surface area (Å²) in [5.74, 6) is 1.60. The summed E-state index contributed by atoms with van der Waals surface area (Å²) >= 11 is 0. The lowest BCUT2D eigenvalue weighted by Crippen LogP contribution is -2.88. The van der Waals surface area contributed by atoms with E-state index in [1.807, 2.05) is 54.6 Å². The lowest BCUT2D eigenvalue weighted by atomic mass is 10.1. The molecule has 1 heterocycles. The van der Waals surface area contributed by atoms with E-state index in [9.17, 15) is 5.11 Å². The lowest BCUT2D eigenvalue weighted by Gasteiger charge is -2.25. The zero-order chi connectivity index (χ0) is 14.5. The second-order valence-corrected chi connectivity index (χ2v) is 5.18. The highest BCUT2D eigenvalue weighted by Crippen LogP contribution is 2.30. The number of aliphatic hydroxyl groups is 1. The van der Waals surface area contributed by atoms with Crippen molar-refractivity contribution in [3.8, 4) is 11.5 Å². The molecule has 0 unspecified atom stereocenters. The number of quaternary nitrogens is 1. The molecule has 3 N–H and O–H groups in total. The van der Waals surface area contributed by atoms with E-state index in [0.717, 1.165) is 23.6 Å². The third kappa shape index (κ3) is 3.54. The fourth-order valence-electron chi connectivity index (χ4n) is 2.43. The highest BCUT2D eigenvalue weighted by atomic mass is 16.6. The Morgan fingerprint density at radius 2 is 1.76 bits per heavy atom. The normalized spacial score (nSPS) is 18.2. The Hall–Kier alpha value is -2.04. The summed E-state index contributed by atoms with van der Waals surface area (Å²) in [5.41, 5.74) is 0.944. The van der Waals surface area contributed by atoms with Gasteiger partial charge in [0, 0.05) is 0 Å². The maximum absolute atomic E-state index is 10.1. The van der Waals surface area contributed by atoms with E-state index in [2.05, 4.69) is 5.32 Å². The van der Waals surface area contributed by atoms with Crippen molar-refractivity contribution in [3.05, 3.63) is 60.2 Å². The first-order valence-corrected chi connectivity index (χ1v) is 7.26. The average Bonchev–Trinajstić information content (AvgIpc) is 2.55. The number of ether oxygens (including phenoxy) is 2. The van der Waals surface area contributed by atoms with Gasteiger partial charge in [0.25, 0.3) is 0 Å². The Bertz CT molecular complexity index is 573. The van der Waals surface area contributed by atoms with Gasteiger partial charge in [0.2, 0.25) is 0 Å². The standard InChI is InChI=1S/C17H19NO3/c19-15(13-6-2-1-3-7-13)11-18-10-14-12-20-16-8-4-5-9-17(16)21-14/h1-9,14-15,18-19H,10-12H2/p+1/t14-,15+/m0/s1. The van der Waals surface area contributed by atoms with Gasteiger partial charge in [-0.3, -0.25) is 0 Å². The quantitative estimate of drug-likeness (QED) is 0.866. The van der Waals surface area contributed by atoms with Gasteiger partial charge >= 0.3 is 0 Å². The number of para-hydroxylation sites is 2. The molecule has 0 aliphatic carbocycles. The Kier molecular flexibility index (Phi) is 4.38. The maximum Gasteiger partial charge on any atom is 0.181 e. The second kappa shape index (κ2) is 6.61. The zero-order valence-corrected chi connectivity index (χ0v) is 11.8. The largest absolute Gasteiger partial charge is 0.486 e. The van der Waals surface area contributed by atoms with E-state index in [0.29, 0.717) is 13.2 Å². The van der Waals surface area contributed by atoms with Crippen molar-refractivity contribution in [2.75, 3.05) is 19.7 Å². The summed E-state index contributed by atoms with van der Waals surface area (Å²) in [7, 11) is 0. The second-order valence-electron chi connectivity index (χ2n) is 5.18. The van der Waals surface area contributed by atoms with Crippen molar-refractivity contribution in [1.29, 1.82) is 0 Å². The first-order valence-electron chi connectivity index (χ1n) is 7.26. The summed E-state index contributed by atoms with van der Waals surface area (Å²) in [6.07, 6.45) is -0.439. The molecule has 0 aromatic heterocycles. The number of aliphatic hydroxyl groups excluding tert-OH is 1. The van der Waals surface area contributed by atoms with Crippen LogP contribution in [0.2, 0.25) is 0 Å². The topological polar surface area (TPSA) is 55.3 Å². The van der Waals surface area contributed by atoms with E-state index in [4.69, 9.17) is 9.47 Å². The number of fused-ring (bicyclic) bond motifs is 1. The molecule has 1 aliphatic heterocycles. The van der Waals surface area contributed by atoms with Crippen molar-refractivity contribution in [2.45, 2.75) is 12.2 Å². The molecule has 0 amide bonds. The van der Waals surface area contributed by atoms with Gasteiger partial charge in [-0.1, -0.05) is 42.5 Å². The molecule has 21 heavy (non-hydrogen) atoms. The van der Waals surface area contributed by atoms with E-state index < -0.39 is 6.10 Å². The molecule has 1 aliphatic rings. The molecule has 2 atom stereocenters. The van der Waals surface area contributed by atoms with Crippen LogP contribution in [0.4, 0.5) is 0 Å². The fraction of sp³-hybridized carbons (Fsp3) is 0.294. The predicted octanol–water partition coefficient (Wildman–Crippen LogP) is 1.12. The molecule has 0 saturated carbocycles. The summed E-state index contributed by atoms with van der Waals surface area (Å²) in [6, 6.07) is 17.4. The molecule has 4 heteroatoms. The molecule has 0 spiro atoms. The Labute approximate surface area is 124 Å². The van der Waals surface area contributed by atoms with Gasteiger partial charge in [0.1, 0.15) is 25.8 Å². The molecule has 110 valence electrons. The molecule has 3 rings (SSSR count). The van der Waals surface area contributed by atoms with Gasteiger partial charge in [-0.2, -0.15) is 0 Å². The molecule has 2 aromatic carbocycles. The van der Waals surface area contributed by atoms with Gasteiger partial charge in [-0.25, -0.2) is 0 Å². The van der Waals surface area contributed by atoms with Gasteiger partial charge < -0.3 is 19.9 Å². The Morgan fingerprint density at radius 1 is 1.05 bits per heavy atom. The van der Waals surface area contributed by atoms with Crippen LogP contribution in [0.3, 0.4) is 0 Å². The van der Waals surface area contributed by atoms with Crippen molar-refractivity contribution >= 4 is 0 Å². The molecular weight excluding hydrogens is 266 g/mol. The van der Waals surface area contributed by atoms with Crippen LogP contribution in [0.15, 0.2) is 54.6 Å². The molecule has 0 saturated heterocycles. The van der Waals surface area contributed by atoms with Crippen LogP contribution in [0.25, 0.3) is 0 Å². The summed E-state index contributed by atoms with van der Waals surface area (Å²) < 4.78 is 11.6.